The van der Waals surface area contributed by atoms with E-state index in [-0.39, 0.29) is 11.9 Å². The molecular formula is C16H25FN2. The Balaban J connectivity index is 1.99. The summed E-state index contributed by atoms with van der Waals surface area (Å²) in [5.41, 5.74) is 7.31. The van der Waals surface area contributed by atoms with Crippen LogP contribution in [0.2, 0.25) is 0 Å². The maximum atomic E-state index is 12.9. The van der Waals surface area contributed by atoms with Crippen molar-refractivity contribution in [2.45, 2.75) is 51.1 Å². The Morgan fingerprint density at radius 3 is 2.68 bits per heavy atom. The lowest BCUT2D eigenvalue weighted by Crippen LogP contribution is -2.39. The summed E-state index contributed by atoms with van der Waals surface area (Å²) in [5.74, 6) is -0.197. The molecule has 0 aliphatic carbocycles. The van der Waals surface area contributed by atoms with Gasteiger partial charge in [-0.3, -0.25) is 4.90 Å². The average Bonchev–Trinajstić information content (AvgIpc) is 2.64. The van der Waals surface area contributed by atoms with Crippen LogP contribution in [0, 0.1) is 5.82 Å². The summed E-state index contributed by atoms with van der Waals surface area (Å²) in [6.07, 6.45) is 6.41. The molecule has 1 saturated heterocycles. The lowest BCUT2D eigenvalue weighted by molar-refractivity contribution is 0.183. The van der Waals surface area contributed by atoms with Gasteiger partial charge in [0.15, 0.2) is 0 Å². The molecule has 0 radical (unpaired) electrons. The molecule has 1 aromatic carbocycles. The number of nitrogens with zero attached hydrogens (tertiary/aromatic N) is 1. The van der Waals surface area contributed by atoms with Gasteiger partial charge in [0.1, 0.15) is 5.82 Å². The van der Waals surface area contributed by atoms with Crippen LogP contribution in [-0.4, -0.2) is 24.0 Å². The van der Waals surface area contributed by atoms with Crippen LogP contribution in [-0.2, 0) is 0 Å². The minimum atomic E-state index is -0.197. The maximum absolute atomic E-state index is 12.9. The molecule has 0 saturated carbocycles. The quantitative estimate of drug-likeness (QED) is 0.902. The topological polar surface area (TPSA) is 29.3 Å². The van der Waals surface area contributed by atoms with E-state index >= 15 is 0 Å². The number of halogens is 1. The van der Waals surface area contributed by atoms with E-state index in [9.17, 15) is 4.39 Å². The molecule has 2 atom stereocenters. The third-order valence-electron chi connectivity index (χ3n) is 4.20. The molecule has 0 aromatic heterocycles. The Hall–Kier alpha value is -0.930. The van der Waals surface area contributed by atoms with E-state index in [4.69, 9.17) is 5.73 Å². The summed E-state index contributed by atoms with van der Waals surface area (Å²) in [6.45, 7) is 4.28. The summed E-state index contributed by atoms with van der Waals surface area (Å²) < 4.78 is 12.9. The van der Waals surface area contributed by atoms with Crippen molar-refractivity contribution in [2.24, 2.45) is 5.73 Å². The highest BCUT2D eigenvalue weighted by Crippen LogP contribution is 2.22. The summed E-state index contributed by atoms with van der Waals surface area (Å²) in [6, 6.07) is 7.24. The van der Waals surface area contributed by atoms with Gasteiger partial charge < -0.3 is 5.73 Å². The SMILES string of the molecule is CCC1CCCCCN1CC(N)c1ccc(F)cc1. The van der Waals surface area contributed by atoms with E-state index in [1.807, 2.05) is 0 Å². The summed E-state index contributed by atoms with van der Waals surface area (Å²) >= 11 is 0. The predicted molar refractivity (Wildman–Crippen MR) is 77.4 cm³/mol. The van der Waals surface area contributed by atoms with Gasteiger partial charge >= 0.3 is 0 Å². The lowest BCUT2D eigenvalue weighted by atomic mass is 10.0. The third kappa shape index (κ3) is 4.02. The molecule has 19 heavy (non-hydrogen) atoms. The van der Waals surface area contributed by atoms with Crippen LogP contribution < -0.4 is 5.73 Å². The molecule has 2 nitrogen and oxygen atoms in total. The maximum Gasteiger partial charge on any atom is 0.123 e. The summed E-state index contributed by atoms with van der Waals surface area (Å²) in [7, 11) is 0. The Morgan fingerprint density at radius 2 is 2.00 bits per heavy atom. The van der Waals surface area contributed by atoms with Crippen molar-refractivity contribution in [3.05, 3.63) is 35.6 Å². The zero-order chi connectivity index (χ0) is 13.7. The largest absolute Gasteiger partial charge is 0.323 e. The van der Waals surface area contributed by atoms with E-state index in [0.717, 1.165) is 18.7 Å². The highest BCUT2D eigenvalue weighted by molar-refractivity contribution is 5.19. The molecule has 1 fully saturated rings. The third-order valence-corrected chi connectivity index (χ3v) is 4.20. The second-order valence-electron chi connectivity index (χ2n) is 5.56. The summed E-state index contributed by atoms with van der Waals surface area (Å²) in [4.78, 5) is 2.53. The van der Waals surface area contributed by atoms with Gasteiger partial charge in [0.2, 0.25) is 0 Å². The molecule has 3 heteroatoms. The Morgan fingerprint density at radius 1 is 1.26 bits per heavy atom. The van der Waals surface area contributed by atoms with Crippen molar-refractivity contribution >= 4 is 0 Å². The van der Waals surface area contributed by atoms with E-state index in [2.05, 4.69) is 11.8 Å². The first-order valence-electron chi connectivity index (χ1n) is 7.45. The Bertz CT molecular complexity index is 377. The van der Waals surface area contributed by atoms with E-state index in [1.165, 1.54) is 44.2 Å². The van der Waals surface area contributed by atoms with Gasteiger partial charge in [-0.1, -0.05) is 31.9 Å². The molecule has 0 spiro atoms. The van der Waals surface area contributed by atoms with Crippen LogP contribution in [0.1, 0.15) is 50.6 Å². The molecule has 1 heterocycles. The van der Waals surface area contributed by atoms with Crippen molar-refractivity contribution in [1.82, 2.24) is 4.90 Å². The van der Waals surface area contributed by atoms with Crippen LogP contribution in [0.15, 0.2) is 24.3 Å². The van der Waals surface area contributed by atoms with E-state index in [1.54, 1.807) is 12.1 Å². The van der Waals surface area contributed by atoms with Crippen molar-refractivity contribution in [3.63, 3.8) is 0 Å². The van der Waals surface area contributed by atoms with Gasteiger partial charge in [-0.15, -0.1) is 0 Å². The predicted octanol–water partition coefficient (Wildman–Crippen LogP) is 3.48. The highest BCUT2D eigenvalue weighted by Gasteiger charge is 2.21. The standard InChI is InChI=1S/C16H25FN2/c1-2-15-6-4-3-5-11-19(15)12-16(18)13-7-9-14(17)10-8-13/h7-10,15-16H,2-6,11-12,18H2,1H3. The van der Waals surface area contributed by atoms with Crippen molar-refractivity contribution in [3.8, 4) is 0 Å². The van der Waals surface area contributed by atoms with Gasteiger partial charge in [-0.25, -0.2) is 4.39 Å². The smallest absolute Gasteiger partial charge is 0.123 e. The summed E-state index contributed by atoms with van der Waals surface area (Å²) in [5, 5.41) is 0. The highest BCUT2D eigenvalue weighted by atomic mass is 19.1. The monoisotopic (exact) mass is 264 g/mol. The fourth-order valence-electron chi connectivity index (χ4n) is 3.01. The van der Waals surface area contributed by atoms with Gasteiger partial charge in [0, 0.05) is 18.6 Å². The van der Waals surface area contributed by atoms with Crippen LogP contribution in [0.4, 0.5) is 4.39 Å². The molecule has 2 unspecified atom stereocenters. The fraction of sp³-hybridized carbons (Fsp3) is 0.625. The van der Waals surface area contributed by atoms with Crippen molar-refractivity contribution in [1.29, 1.82) is 0 Å². The zero-order valence-corrected chi connectivity index (χ0v) is 11.8. The second kappa shape index (κ2) is 7.01. The number of hydrogen-bond acceptors (Lipinski definition) is 2. The van der Waals surface area contributed by atoms with Crippen molar-refractivity contribution < 1.29 is 4.39 Å². The normalized spacial score (nSPS) is 23.0. The van der Waals surface area contributed by atoms with Gasteiger partial charge in [0.05, 0.1) is 0 Å². The van der Waals surface area contributed by atoms with Crippen LogP contribution in [0.25, 0.3) is 0 Å². The number of benzene rings is 1. The van der Waals surface area contributed by atoms with Crippen LogP contribution in [0.5, 0.6) is 0 Å². The fourth-order valence-corrected chi connectivity index (χ4v) is 3.01. The van der Waals surface area contributed by atoms with Crippen LogP contribution in [0.3, 0.4) is 0 Å². The van der Waals surface area contributed by atoms with Gasteiger partial charge in [0.25, 0.3) is 0 Å². The number of rotatable bonds is 4. The molecule has 1 aliphatic heterocycles. The minimum Gasteiger partial charge on any atom is -0.323 e. The molecule has 1 aromatic rings. The molecule has 1 aliphatic rings. The first-order chi connectivity index (χ1) is 9.20. The van der Waals surface area contributed by atoms with Crippen LogP contribution >= 0.6 is 0 Å². The lowest BCUT2D eigenvalue weighted by Gasteiger charge is -2.31. The van der Waals surface area contributed by atoms with Crippen molar-refractivity contribution in [2.75, 3.05) is 13.1 Å². The van der Waals surface area contributed by atoms with E-state index < -0.39 is 0 Å². The zero-order valence-electron chi connectivity index (χ0n) is 11.8. The first-order valence-corrected chi connectivity index (χ1v) is 7.45. The molecule has 2 rings (SSSR count). The molecule has 2 N–H and O–H groups in total. The molecule has 0 bridgehead atoms. The average molecular weight is 264 g/mol. The first kappa shape index (κ1) is 14.5. The molecule has 106 valence electrons. The Labute approximate surface area is 115 Å². The second-order valence-corrected chi connectivity index (χ2v) is 5.56. The molecule has 0 amide bonds. The Kier molecular flexibility index (Phi) is 5.34. The number of nitrogens with two attached hydrogens (primary N) is 1. The minimum absolute atomic E-state index is 0.0206. The molecular weight excluding hydrogens is 239 g/mol. The van der Waals surface area contributed by atoms with E-state index in [0.29, 0.717) is 6.04 Å². The van der Waals surface area contributed by atoms with Gasteiger partial charge in [-0.05, 0) is 43.5 Å². The van der Waals surface area contributed by atoms with Gasteiger partial charge in [-0.2, -0.15) is 0 Å². The number of hydrogen-bond donors (Lipinski definition) is 1. The number of likely N-dealkylation sites (tertiary alicyclic amines) is 1.